The molecule has 60 valence electrons. The maximum Gasteiger partial charge on any atom is 0.188 e. The number of pyridine rings is 1. The third kappa shape index (κ3) is 2.85. The highest BCUT2D eigenvalue weighted by Crippen LogP contribution is 1.86. The van der Waals surface area contributed by atoms with Crippen LogP contribution in [0.2, 0.25) is 0 Å². The molecule has 1 aromatic heterocycles. The largest absolute Gasteiger partial charge is 0.367 e. The molecule has 0 atom stereocenters. The van der Waals surface area contributed by atoms with Crippen LogP contribution in [0.15, 0.2) is 29.8 Å². The summed E-state index contributed by atoms with van der Waals surface area (Å²) in [6.45, 7) is 7.47. The van der Waals surface area contributed by atoms with E-state index in [1.54, 1.807) is 12.4 Å². The number of aromatic amines is 1. The van der Waals surface area contributed by atoms with Crippen molar-refractivity contribution in [2.24, 2.45) is 0 Å². The molecule has 0 fully saturated rings. The average molecular weight is 151 g/mol. The normalized spacial score (nSPS) is 7.82. The van der Waals surface area contributed by atoms with Gasteiger partial charge in [0.25, 0.3) is 0 Å². The zero-order valence-corrected chi connectivity index (χ0v) is 6.92. The van der Waals surface area contributed by atoms with Crippen LogP contribution in [-0.2, 0) is 0 Å². The van der Waals surface area contributed by atoms with Crippen molar-refractivity contribution >= 4 is 6.08 Å². The summed E-state index contributed by atoms with van der Waals surface area (Å²) in [5, 5.41) is 0. The first-order chi connectivity index (χ1) is 5.34. The topological polar surface area (TPSA) is 32.9 Å². The number of hydrogen-bond donors (Lipinski definition) is 1. The Balaban J connectivity index is 0.000000461. The van der Waals surface area contributed by atoms with Crippen molar-refractivity contribution in [2.75, 3.05) is 0 Å². The molecule has 1 rings (SSSR count). The van der Waals surface area contributed by atoms with Gasteiger partial charge in [0.2, 0.25) is 0 Å². The highest BCUT2D eigenvalue weighted by Gasteiger charge is 1.87. The Morgan fingerprint density at radius 3 is 2.55 bits per heavy atom. The fraction of sp³-hybridized carbons (Fsp3) is 0.222. The molecule has 11 heavy (non-hydrogen) atoms. The summed E-state index contributed by atoms with van der Waals surface area (Å²) in [6, 6.07) is 1.47. The molecular weight excluding hydrogens is 138 g/mol. The number of hydrogen-bond acceptors (Lipinski definition) is 1. The fourth-order valence-corrected chi connectivity index (χ4v) is 0.589. The molecule has 0 spiro atoms. The molecular formula is C9H13NO. The van der Waals surface area contributed by atoms with Crippen LogP contribution in [0.1, 0.15) is 19.4 Å². The lowest BCUT2D eigenvalue weighted by atomic mass is 10.3. The lowest BCUT2D eigenvalue weighted by molar-refractivity contribution is 1.29. The van der Waals surface area contributed by atoms with Gasteiger partial charge >= 0.3 is 0 Å². The Bertz CT molecular complexity index is 262. The summed E-state index contributed by atoms with van der Waals surface area (Å²) in [5.41, 5.74) is 0.612. The molecule has 0 saturated carbocycles. The predicted molar refractivity (Wildman–Crippen MR) is 48.5 cm³/mol. The molecule has 0 aliphatic carbocycles. The van der Waals surface area contributed by atoms with E-state index in [2.05, 4.69) is 11.6 Å². The first kappa shape index (κ1) is 9.69. The van der Waals surface area contributed by atoms with E-state index in [-0.39, 0.29) is 5.43 Å². The molecule has 0 saturated heterocycles. The van der Waals surface area contributed by atoms with Gasteiger partial charge in [0.15, 0.2) is 5.43 Å². The van der Waals surface area contributed by atoms with Crippen molar-refractivity contribution in [3.05, 3.63) is 40.8 Å². The molecule has 0 aliphatic heterocycles. The van der Waals surface area contributed by atoms with Crippen LogP contribution in [-0.4, -0.2) is 4.98 Å². The van der Waals surface area contributed by atoms with Gasteiger partial charge in [-0.25, -0.2) is 0 Å². The van der Waals surface area contributed by atoms with E-state index < -0.39 is 0 Å². The standard InChI is InChI=1S/C7H7NO.C2H6/c1-2-6-5-8-4-3-7(6)9;1-2/h2-5H,1H2,(H,8,9);1-2H3. The number of aromatic nitrogens is 1. The second-order valence-electron chi connectivity index (χ2n) is 1.67. The van der Waals surface area contributed by atoms with Crippen LogP contribution in [0, 0.1) is 0 Å². The summed E-state index contributed by atoms with van der Waals surface area (Å²) in [4.78, 5) is 13.5. The Morgan fingerprint density at radius 1 is 1.55 bits per heavy atom. The lowest BCUT2D eigenvalue weighted by Crippen LogP contribution is -2.01. The van der Waals surface area contributed by atoms with Gasteiger partial charge in [-0.3, -0.25) is 4.79 Å². The van der Waals surface area contributed by atoms with Gasteiger partial charge in [-0.2, -0.15) is 0 Å². The zero-order valence-electron chi connectivity index (χ0n) is 6.92. The van der Waals surface area contributed by atoms with E-state index in [1.165, 1.54) is 12.1 Å². The molecule has 0 aliphatic rings. The second kappa shape index (κ2) is 5.47. The number of nitrogens with one attached hydrogen (secondary N) is 1. The van der Waals surface area contributed by atoms with Gasteiger partial charge < -0.3 is 4.98 Å². The number of H-pyrrole nitrogens is 1. The summed E-state index contributed by atoms with van der Waals surface area (Å²) in [6.07, 6.45) is 4.74. The van der Waals surface area contributed by atoms with Crippen molar-refractivity contribution in [3.63, 3.8) is 0 Å². The Morgan fingerprint density at radius 2 is 2.18 bits per heavy atom. The first-order valence-corrected chi connectivity index (χ1v) is 3.64. The molecule has 2 heteroatoms. The van der Waals surface area contributed by atoms with Gasteiger partial charge in [0.1, 0.15) is 0 Å². The maximum absolute atomic E-state index is 10.8. The van der Waals surface area contributed by atoms with Gasteiger partial charge in [-0.15, -0.1) is 0 Å². The van der Waals surface area contributed by atoms with Crippen molar-refractivity contribution in [1.29, 1.82) is 0 Å². The molecule has 1 heterocycles. The Kier molecular flexibility index (Phi) is 4.82. The highest BCUT2D eigenvalue weighted by atomic mass is 16.1. The zero-order chi connectivity index (χ0) is 8.69. The quantitative estimate of drug-likeness (QED) is 0.654. The number of rotatable bonds is 1. The third-order valence-corrected chi connectivity index (χ3v) is 1.07. The summed E-state index contributed by atoms with van der Waals surface area (Å²) in [7, 11) is 0. The van der Waals surface area contributed by atoms with Crippen LogP contribution >= 0.6 is 0 Å². The van der Waals surface area contributed by atoms with Crippen molar-refractivity contribution in [1.82, 2.24) is 4.98 Å². The molecule has 2 nitrogen and oxygen atoms in total. The molecule has 1 aromatic rings. The van der Waals surface area contributed by atoms with Crippen LogP contribution < -0.4 is 5.43 Å². The smallest absolute Gasteiger partial charge is 0.188 e. The molecule has 1 N–H and O–H groups in total. The first-order valence-electron chi connectivity index (χ1n) is 3.64. The van der Waals surface area contributed by atoms with Crippen LogP contribution in [0.25, 0.3) is 6.08 Å². The monoisotopic (exact) mass is 151 g/mol. The molecule has 0 unspecified atom stereocenters. The van der Waals surface area contributed by atoms with Gasteiger partial charge in [-0.05, 0) is 0 Å². The van der Waals surface area contributed by atoms with Crippen molar-refractivity contribution in [2.45, 2.75) is 13.8 Å². The average Bonchev–Trinajstić information content (AvgIpc) is 2.09. The highest BCUT2D eigenvalue weighted by molar-refractivity contribution is 5.44. The van der Waals surface area contributed by atoms with Gasteiger partial charge in [0.05, 0.1) is 0 Å². The minimum atomic E-state index is 0.00347. The Hall–Kier alpha value is -1.31. The van der Waals surface area contributed by atoms with Crippen molar-refractivity contribution < 1.29 is 0 Å². The second-order valence-corrected chi connectivity index (χ2v) is 1.67. The van der Waals surface area contributed by atoms with E-state index in [0.29, 0.717) is 5.56 Å². The molecule has 0 bridgehead atoms. The van der Waals surface area contributed by atoms with Crippen molar-refractivity contribution in [3.8, 4) is 0 Å². The lowest BCUT2D eigenvalue weighted by Gasteiger charge is -1.85. The SMILES string of the molecule is C=Cc1c[nH]ccc1=O.CC. The fourth-order valence-electron chi connectivity index (χ4n) is 0.589. The van der Waals surface area contributed by atoms with Gasteiger partial charge in [-0.1, -0.05) is 26.5 Å². The van der Waals surface area contributed by atoms with Gasteiger partial charge in [0, 0.05) is 24.0 Å². The summed E-state index contributed by atoms with van der Waals surface area (Å²) >= 11 is 0. The van der Waals surface area contributed by atoms with E-state index in [0.717, 1.165) is 0 Å². The van der Waals surface area contributed by atoms with Crippen LogP contribution in [0.5, 0.6) is 0 Å². The third-order valence-electron chi connectivity index (χ3n) is 1.07. The molecule has 0 aromatic carbocycles. The summed E-state index contributed by atoms with van der Waals surface area (Å²) < 4.78 is 0. The minimum Gasteiger partial charge on any atom is -0.367 e. The van der Waals surface area contributed by atoms with E-state index in [9.17, 15) is 4.79 Å². The predicted octanol–water partition coefficient (Wildman–Crippen LogP) is 2.04. The summed E-state index contributed by atoms with van der Waals surface area (Å²) in [5.74, 6) is 0. The maximum atomic E-state index is 10.8. The van der Waals surface area contributed by atoms with Crippen LogP contribution in [0.4, 0.5) is 0 Å². The van der Waals surface area contributed by atoms with E-state index >= 15 is 0 Å². The Labute approximate surface area is 66.6 Å². The van der Waals surface area contributed by atoms with E-state index in [4.69, 9.17) is 0 Å². The van der Waals surface area contributed by atoms with Crippen LogP contribution in [0.3, 0.4) is 0 Å². The molecule has 0 amide bonds. The van der Waals surface area contributed by atoms with E-state index in [1.807, 2.05) is 13.8 Å². The molecule has 0 radical (unpaired) electrons. The minimum absolute atomic E-state index is 0.00347.